The third kappa shape index (κ3) is 8.11. The summed E-state index contributed by atoms with van der Waals surface area (Å²) in [5.41, 5.74) is -0.697. The summed E-state index contributed by atoms with van der Waals surface area (Å²) in [6.07, 6.45) is 1.11. The molecule has 2 N–H and O–H groups in total. The van der Waals surface area contributed by atoms with Gasteiger partial charge in [0.25, 0.3) is 5.56 Å². The van der Waals surface area contributed by atoms with E-state index in [0.717, 1.165) is 4.57 Å². The maximum Gasteiger partial charge on any atom is 0.453 e. The Morgan fingerprint density at radius 3 is 1.86 bits per heavy atom. The topological polar surface area (TPSA) is 125 Å². The van der Waals surface area contributed by atoms with Crippen LogP contribution in [0.5, 0.6) is 17.2 Å². The van der Waals surface area contributed by atoms with Gasteiger partial charge in [-0.1, -0.05) is 74.9 Å². The third-order valence-corrected chi connectivity index (χ3v) is 8.56. The molecule has 2 unspecified atom stereocenters. The zero-order valence-electron chi connectivity index (χ0n) is 23.2. The highest BCUT2D eigenvalue weighted by atomic mass is 31.2. The van der Waals surface area contributed by atoms with Crippen LogP contribution in [0.4, 0.5) is 10.5 Å². The average Bonchev–Trinajstić information content (AvgIpc) is 2.99. The lowest BCUT2D eigenvalue weighted by Crippen LogP contribution is -2.43. The number of hydrogen-bond acceptors (Lipinski definition) is 7. The van der Waals surface area contributed by atoms with Crippen molar-refractivity contribution >= 4 is 25.3 Å². The van der Waals surface area contributed by atoms with E-state index in [-0.39, 0.29) is 11.6 Å². The van der Waals surface area contributed by atoms with Gasteiger partial charge in [0.1, 0.15) is 29.5 Å². The molecule has 0 fully saturated rings. The second kappa shape index (κ2) is 14.2. The number of benzene rings is 3. The van der Waals surface area contributed by atoms with E-state index in [2.05, 4.69) is 10.6 Å². The average molecular weight is 590 g/mol. The van der Waals surface area contributed by atoms with Gasteiger partial charge in [-0.15, -0.1) is 0 Å². The highest BCUT2D eigenvalue weighted by Crippen LogP contribution is 2.54. The number of ether oxygens (including phenoxy) is 1. The molecule has 2 atom stereocenters. The van der Waals surface area contributed by atoms with E-state index in [1.165, 1.54) is 18.3 Å². The molecule has 2 amide bonds. The van der Waals surface area contributed by atoms with Gasteiger partial charge in [0.15, 0.2) is 5.78 Å². The van der Waals surface area contributed by atoms with Crippen molar-refractivity contribution in [2.75, 3.05) is 5.32 Å². The molecular formula is C31H32N3O7P. The fraction of sp³-hybridized carbons (Fsp3) is 0.194. The number of para-hydroxylation sites is 3. The number of nitrogens with zero attached hydrogens (tertiary/aromatic N) is 1. The van der Waals surface area contributed by atoms with Crippen LogP contribution in [0.25, 0.3) is 0 Å². The molecule has 1 aromatic heterocycles. The fourth-order valence-corrected chi connectivity index (χ4v) is 6.23. The van der Waals surface area contributed by atoms with Gasteiger partial charge in [0, 0.05) is 6.20 Å². The lowest BCUT2D eigenvalue weighted by Gasteiger charge is -2.31. The largest absolute Gasteiger partial charge is 0.453 e. The van der Waals surface area contributed by atoms with Gasteiger partial charge in [0.2, 0.25) is 5.91 Å². The molecule has 0 aliphatic rings. The molecule has 0 spiro atoms. The van der Waals surface area contributed by atoms with Crippen molar-refractivity contribution < 1.29 is 27.9 Å². The summed E-state index contributed by atoms with van der Waals surface area (Å²) in [4.78, 5) is 38.7. The summed E-state index contributed by atoms with van der Waals surface area (Å²) in [6.45, 7) is 3.31. The number of amides is 2. The van der Waals surface area contributed by atoms with Crippen LogP contribution in [0.3, 0.4) is 0 Å². The van der Waals surface area contributed by atoms with E-state index in [1.54, 1.807) is 91.0 Å². The summed E-state index contributed by atoms with van der Waals surface area (Å²) >= 11 is 0. The van der Waals surface area contributed by atoms with Crippen LogP contribution in [-0.2, 0) is 15.9 Å². The lowest BCUT2D eigenvalue weighted by atomic mass is 10.1. The Kier molecular flexibility index (Phi) is 10.2. The number of hydrogen-bond donors (Lipinski definition) is 2. The molecule has 0 radical (unpaired) electrons. The van der Waals surface area contributed by atoms with Gasteiger partial charge >= 0.3 is 13.7 Å². The van der Waals surface area contributed by atoms with Crippen molar-refractivity contribution in [3.63, 3.8) is 0 Å². The number of anilines is 1. The number of pyridine rings is 1. The number of aromatic nitrogens is 1. The molecule has 42 heavy (non-hydrogen) atoms. The van der Waals surface area contributed by atoms with E-state index in [4.69, 9.17) is 13.8 Å². The predicted octanol–water partition coefficient (Wildman–Crippen LogP) is 6.30. The van der Waals surface area contributed by atoms with E-state index in [1.807, 2.05) is 13.8 Å². The first-order chi connectivity index (χ1) is 20.3. The van der Waals surface area contributed by atoms with Gasteiger partial charge in [0.05, 0.1) is 0 Å². The summed E-state index contributed by atoms with van der Waals surface area (Å²) in [5.74, 6) is -1.03. The highest BCUT2D eigenvalue weighted by molar-refractivity contribution is 7.55. The van der Waals surface area contributed by atoms with Crippen molar-refractivity contribution in [2.45, 2.75) is 32.6 Å². The summed E-state index contributed by atoms with van der Waals surface area (Å²) in [6, 6.07) is 28.5. The van der Waals surface area contributed by atoms with Gasteiger partial charge in [-0.05, 0) is 54.4 Å². The standard InChI is InChI=1S/C31H32N3O7P/c1-3-23(2)29(42(38,40-25-16-9-5-10-17-25)41-26-18-11-6-12-19-26)33-28(35)22-34-21-13-20-27(30(34)36)32-31(37)39-24-14-7-4-8-15-24/h4-21,23,29H,3,22H2,1-2H3,(H,32,37)(H,33,35). The van der Waals surface area contributed by atoms with Crippen LogP contribution in [0.15, 0.2) is 114 Å². The van der Waals surface area contributed by atoms with Crippen LogP contribution < -0.4 is 30.0 Å². The molecule has 4 aromatic rings. The molecule has 11 heteroatoms. The molecule has 218 valence electrons. The highest BCUT2D eigenvalue weighted by Gasteiger charge is 2.43. The molecule has 4 rings (SSSR count). The predicted molar refractivity (Wildman–Crippen MR) is 160 cm³/mol. The monoisotopic (exact) mass is 589 g/mol. The summed E-state index contributed by atoms with van der Waals surface area (Å²) in [5, 5.41) is 5.20. The maximum absolute atomic E-state index is 14.4. The Morgan fingerprint density at radius 2 is 1.33 bits per heavy atom. The molecular weight excluding hydrogens is 557 g/mol. The van der Waals surface area contributed by atoms with E-state index in [9.17, 15) is 18.9 Å². The Balaban J connectivity index is 1.54. The first-order valence-corrected chi connectivity index (χ1v) is 15.0. The molecule has 0 bridgehead atoms. The van der Waals surface area contributed by atoms with Gasteiger partial charge in [-0.2, -0.15) is 0 Å². The zero-order chi connectivity index (χ0) is 30.0. The van der Waals surface area contributed by atoms with Crippen molar-refractivity contribution in [2.24, 2.45) is 5.92 Å². The molecule has 0 saturated heterocycles. The Hall–Kier alpha value is -4.82. The first-order valence-electron chi connectivity index (χ1n) is 13.4. The minimum atomic E-state index is -4.07. The maximum atomic E-state index is 14.4. The molecule has 1 heterocycles. The SMILES string of the molecule is CCC(C)C(NC(=O)Cn1cccc(NC(=O)Oc2ccccc2)c1=O)P(=O)(Oc1ccccc1)Oc1ccccc1. The van der Waals surface area contributed by atoms with E-state index >= 15 is 0 Å². The summed E-state index contributed by atoms with van der Waals surface area (Å²) in [7, 11) is -4.07. The molecule has 0 saturated carbocycles. The molecule has 0 aliphatic heterocycles. The lowest BCUT2D eigenvalue weighted by molar-refractivity contribution is -0.122. The van der Waals surface area contributed by atoms with Crippen LogP contribution in [0, 0.1) is 5.92 Å². The zero-order valence-corrected chi connectivity index (χ0v) is 24.1. The van der Waals surface area contributed by atoms with Crippen molar-refractivity contribution in [3.05, 3.63) is 120 Å². The first kappa shape index (κ1) is 30.1. The second-order valence-corrected chi connectivity index (χ2v) is 11.4. The minimum Gasteiger partial charge on any atom is -0.415 e. The quantitative estimate of drug-likeness (QED) is 0.186. The molecule has 0 aliphatic carbocycles. The Morgan fingerprint density at radius 1 is 0.810 bits per heavy atom. The normalized spacial score (nSPS) is 12.4. The Labute approximate surface area is 243 Å². The molecule has 3 aromatic carbocycles. The smallest absolute Gasteiger partial charge is 0.415 e. The van der Waals surface area contributed by atoms with Crippen molar-refractivity contribution in [1.29, 1.82) is 0 Å². The fourth-order valence-electron chi connectivity index (χ4n) is 4.00. The van der Waals surface area contributed by atoms with Gasteiger partial charge in [-0.25, -0.2) is 9.36 Å². The van der Waals surface area contributed by atoms with Crippen LogP contribution in [0.2, 0.25) is 0 Å². The van der Waals surface area contributed by atoms with Gasteiger partial charge < -0.3 is 23.7 Å². The van der Waals surface area contributed by atoms with Crippen molar-refractivity contribution in [1.82, 2.24) is 9.88 Å². The van der Waals surface area contributed by atoms with Crippen LogP contribution in [-0.4, -0.2) is 22.4 Å². The van der Waals surface area contributed by atoms with Crippen LogP contribution >= 0.6 is 7.60 Å². The van der Waals surface area contributed by atoms with E-state index in [0.29, 0.717) is 23.7 Å². The molecule has 10 nitrogen and oxygen atoms in total. The number of carbonyl (C=O) groups is 2. The summed E-state index contributed by atoms with van der Waals surface area (Å²) < 4.78 is 32.7. The van der Waals surface area contributed by atoms with Crippen LogP contribution in [0.1, 0.15) is 20.3 Å². The van der Waals surface area contributed by atoms with E-state index < -0.39 is 37.5 Å². The number of rotatable bonds is 12. The van der Waals surface area contributed by atoms with Crippen molar-refractivity contribution in [3.8, 4) is 17.2 Å². The van der Waals surface area contributed by atoms with Gasteiger partial charge in [-0.3, -0.25) is 14.9 Å². The Bertz CT molecular complexity index is 1540. The second-order valence-electron chi connectivity index (χ2n) is 9.43. The third-order valence-electron chi connectivity index (χ3n) is 6.31. The number of carbonyl (C=O) groups excluding carboxylic acids is 2. The minimum absolute atomic E-state index is 0.0739. The number of nitrogens with one attached hydrogen (secondary N) is 2.